The number of esters is 1. The van der Waals surface area contributed by atoms with Gasteiger partial charge >= 0.3 is 18.0 Å². The largest absolute Gasteiger partial charge is 0.466 e. The first kappa shape index (κ1) is 48.0. The Labute approximate surface area is 355 Å². The van der Waals surface area contributed by atoms with Gasteiger partial charge in [-0.1, -0.05) is 124 Å². The zero-order chi connectivity index (χ0) is 42.7. The number of hydrogen-bond acceptors (Lipinski definition) is 5. The van der Waals surface area contributed by atoms with Gasteiger partial charge in [-0.15, -0.1) is 0 Å². The van der Waals surface area contributed by atoms with Crippen LogP contribution in [0.3, 0.4) is 0 Å². The van der Waals surface area contributed by atoms with Crippen molar-refractivity contribution in [2.75, 3.05) is 18.1 Å². The molecule has 5 rings (SSSR count). The molecule has 0 amide bonds. The molecule has 1 aromatic rings. The molecular weight excluding hydrogens is 753 g/mol. The van der Waals surface area contributed by atoms with Crippen molar-refractivity contribution in [2.24, 2.45) is 46.3 Å². The second-order valence-electron chi connectivity index (χ2n) is 20.4. The molecule has 0 heterocycles. The number of carbonyl (C=O) groups is 1. The summed E-state index contributed by atoms with van der Waals surface area (Å²) in [4.78, 5) is 12.8. The Kier molecular flexibility index (Phi) is 17.8. The molecular formula is C50H82F4N2O3. The monoisotopic (exact) mass is 835 g/mol. The second-order valence-corrected chi connectivity index (χ2v) is 20.4. The first-order valence-corrected chi connectivity index (χ1v) is 24.4. The van der Waals surface area contributed by atoms with E-state index in [9.17, 15) is 4.79 Å². The molecule has 3 unspecified atom stereocenters. The third-order valence-electron chi connectivity index (χ3n) is 16.5. The molecule has 4 aliphatic rings. The Morgan fingerprint density at radius 1 is 0.729 bits per heavy atom. The average Bonchev–Trinajstić information content (AvgIpc) is 3.55. The van der Waals surface area contributed by atoms with E-state index in [1.807, 2.05) is 0 Å². The molecule has 338 valence electrons. The number of rotatable bonds is 25. The smallest absolute Gasteiger partial charge is 0.424 e. The number of nitrogen functional groups attached to an aromatic ring is 2. The Morgan fingerprint density at radius 2 is 1.27 bits per heavy atom. The number of hydrogen-bond donors (Lipinski definition) is 2. The summed E-state index contributed by atoms with van der Waals surface area (Å²) < 4.78 is 71.5. The molecule has 4 saturated carbocycles. The van der Waals surface area contributed by atoms with Crippen LogP contribution in [0.2, 0.25) is 0 Å². The zero-order valence-electron chi connectivity index (χ0n) is 37.5. The normalized spacial score (nSPS) is 30.0. The molecule has 0 saturated heterocycles. The number of unbranched alkanes of at least 4 members (excludes halogenated alkanes) is 15. The molecule has 9 atom stereocenters. The molecule has 4 fully saturated rings. The van der Waals surface area contributed by atoms with Crippen molar-refractivity contribution in [3.8, 4) is 0 Å². The van der Waals surface area contributed by atoms with Crippen LogP contribution in [0, 0.1) is 46.3 Å². The number of alkyl halides is 4. The van der Waals surface area contributed by atoms with Crippen LogP contribution in [-0.2, 0) is 20.2 Å². The molecule has 1 aromatic carbocycles. The highest BCUT2D eigenvalue weighted by molar-refractivity contribution is 5.69. The Bertz CT molecular complexity index is 1420. The Morgan fingerprint density at radius 3 is 1.86 bits per heavy atom. The van der Waals surface area contributed by atoms with Gasteiger partial charge in [0.15, 0.2) is 0 Å². The summed E-state index contributed by atoms with van der Waals surface area (Å²) in [5.74, 6) is -1.70. The van der Waals surface area contributed by atoms with Gasteiger partial charge in [0, 0.05) is 23.4 Å². The van der Waals surface area contributed by atoms with E-state index in [4.69, 9.17) is 20.9 Å². The van der Waals surface area contributed by atoms with Gasteiger partial charge in [0.2, 0.25) is 0 Å². The summed E-state index contributed by atoms with van der Waals surface area (Å²) in [6.07, 6.45) is 25.0. The summed E-state index contributed by atoms with van der Waals surface area (Å²) in [6.45, 7) is 10.0. The fourth-order valence-electron chi connectivity index (χ4n) is 13.1. The number of nitrogens with two attached hydrogens (primary N) is 2. The number of ether oxygens (including phenoxy) is 2. The molecule has 5 nitrogen and oxygen atoms in total. The van der Waals surface area contributed by atoms with Crippen molar-refractivity contribution in [3.63, 3.8) is 0 Å². The van der Waals surface area contributed by atoms with Gasteiger partial charge in [-0.2, -0.15) is 17.6 Å². The Balaban J connectivity index is 0.972. The minimum Gasteiger partial charge on any atom is -0.466 e. The summed E-state index contributed by atoms with van der Waals surface area (Å²) >= 11 is 0. The maximum absolute atomic E-state index is 15.2. The fraction of sp³-hybridized carbons (Fsp3) is 0.860. The molecule has 4 N–H and O–H groups in total. The lowest BCUT2D eigenvalue weighted by atomic mass is 9.44. The molecule has 59 heavy (non-hydrogen) atoms. The van der Waals surface area contributed by atoms with E-state index in [1.165, 1.54) is 109 Å². The van der Waals surface area contributed by atoms with E-state index in [2.05, 4.69) is 27.7 Å². The van der Waals surface area contributed by atoms with Crippen LogP contribution in [0.1, 0.15) is 207 Å². The minimum absolute atomic E-state index is 0.00980. The van der Waals surface area contributed by atoms with Gasteiger partial charge in [-0.25, -0.2) is 0 Å². The number of halogens is 4. The number of benzene rings is 1. The van der Waals surface area contributed by atoms with E-state index >= 15 is 17.6 Å². The van der Waals surface area contributed by atoms with Crippen LogP contribution in [0.5, 0.6) is 0 Å². The van der Waals surface area contributed by atoms with Crippen LogP contribution in [-0.4, -0.2) is 24.8 Å². The summed E-state index contributed by atoms with van der Waals surface area (Å²) in [7, 11) is 0. The number of anilines is 2. The maximum Gasteiger partial charge on any atom is 0.424 e. The maximum atomic E-state index is 15.2. The molecule has 0 aromatic heterocycles. The number of fused-ring (bicyclic) bond motifs is 5. The quantitative estimate of drug-likeness (QED) is 0.0443. The first-order chi connectivity index (χ1) is 28.1. The highest BCUT2D eigenvalue weighted by atomic mass is 19.3. The van der Waals surface area contributed by atoms with Crippen molar-refractivity contribution >= 4 is 17.3 Å². The summed E-state index contributed by atoms with van der Waals surface area (Å²) in [6, 6.07) is 2.95. The van der Waals surface area contributed by atoms with Gasteiger partial charge in [-0.3, -0.25) is 4.79 Å². The second kappa shape index (κ2) is 21.9. The van der Waals surface area contributed by atoms with Crippen molar-refractivity contribution in [3.05, 3.63) is 23.8 Å². The standard InChI is InChI=1S/C50H82F4N2O3/c1-5-6-7-8-9-10-11-12-13-14-15-16-17-18-19-20-31-58-46(57)26-21-36(2)43-24-25-44-42-23-22-37-34-41(27-29-47(37,3)45(42)28-30-48(43,44)4)59-50(53,54)49(51,52)38-32-39(55)35-40(56)33-38/h32-33,35-37,41-45H,5-31,34,55-56H2,1-4H3/t36?,37?,41?,42-,43+,44-,45-,47-,48+/m0/s1. The van der Waals surface area contributed by atoms with Gasteiger partial charge in [0.25, 0.3) is 0 Å². The van der Waals surface area contributed by atoms with E-state index in [0.717, 1.165) is 57.1 Å². The van der Waals surface area contributed by atoms with Crippen LogP contribution >= 0.6 is 0 Å². The average molecular weight is 835 g/mol. The molecule has 0 spiro atoms. The fourth-order valence-corrected chi connectivity index (χ4v) is 13.1. The van der Waals surface area contributed by atoms with Crippen molar-refractivity contribution in [1.29, 1.82) is 0 Å². The minimum atomic E-state index is -4.69. The van der Waals surface area contributed by atoms with Gasteiger partial charge in [0.1, 0.15) is 0 Å². The van der Waals surface area contributed by atoms with Gasteiger partial charge in [0.05, 0.1) is 12.7 Å². The van der Waals surface area contributed by atoms with Crippen LogP contribution in [0.25, 0.3) is 0 Å². The lowest BCUT2D eigenvalue weighted by Crippen LogP contribution is -2.55. The van der Waals surface area contributed by atoms with Gasteiger partial charge < -0.3 is 20.9 Å². The Hall–Kier alpha value is -2.03. The lowest BCUT2D eigenvalue weighted by Gasteiger charge is -2.61. The molecule has 4 aliphatic carbocycles. The van der Waals surface area contributed by atoms with Crippen molar-refractivity contribution in [1.82, 2.24) is 0 Å². The topological polar surface area (TPSA) is 87.6 Å². The molecule has 0 aliphatic heterocycles. The highest BCUT2D eigenvalue weighted by Gasteiger charge is 2.63. The van der Waals surface area contributed by atoms with Gasteiger partial charge in [-0.05, 0) is 135 Å². The molecule has 0 bridgehead atoms. The third-order valence-corrected chi connectivity index (χ3v) is 16.5. The highest BCUT2D eigenvalue weighted by Crippen LogP contribution is 2.68. The number of carbonyl (C=O) groups excluding carboxylic acids is 1. The van der Waals surface area contributed by atoms with E-state index in [-0.39, 0.29) is 34.1 Å². The van der Waals surface area contributed by atoms with Crippen molar-refractivity contribution in [2.45, 2.75) is 219 Å². The lowest BCUT2D eigenvalue weighted by molar-refractivity contribution is -0.373. The SMILES string of the molecule is CCCCCCCCCCCCCCCCCCOC(=O)CCC(C)[C@H]1CC[C@H]2[C@@H]3CCC4CC(OC(F)(F)C(F)(F)c5cc(N)cc(N)c5)CC[C@]4(C)[C@H]3CC[C@]12C. The van der Waals surface area contributed by atoms with Crippen LogP contribution < -0.4 is 11.5 Å². The van der Waals surface area contributed by atoms with Crippen LogP contribution in [0.4, 0.5) is 28.9 Å². The first-order valence-electron chi connectivity index (χ1n) is 24.4. The molecule has 9 heteroatoms. The van der Waals surface area contributed by atoms with Crippen molar-refractivity contribution < 1.29 is 31.8 Å². The third kappa shape index (κ3) is 12.1. The predicted octanol–water partition coefficient (Wildman–Crippen LogP) is 14.8. The summed E-state index contributed by atoms with van der Waals surface area (Å²) in [5, 5.41) is 0. The zero-order valence-corrected chi connectivity index (χ0v) is 37.5. The van der Waals surface area contributed by atoms with E-state index < -0.39 is 23.7 Å². The molecule has 0 radical (unpaired) electrons. The summed E-state index contributed by atoms with van der Waals surface area (Å²) in [5.41, 5.74) is 10.4. The van der Waals surface area contributed by atoms with E-state index in [0.29, 0.717) is 61.9 Å². The van der Waals surface area contributed by atoms with Crippen LogP contribution in [0.15, 0.2) is 18.2 Å². The van der Waals surface area contributed by atoms with E-state index in [1.54, 1.807) is 0 Å². The predicted molar refractivity (Wildman–Crippen MR) is 233 cm³/mol.